The van der Waals surface area contributed by atoms with Crippen LogP contribution in [0, 0.1) is 13.8 Å². The van der Waals surface area contributed by atoms with Crippen LogP contribution >= 0.6 is 0 Å². The fraction of sp³-hybridized carbons (Fsp3) is 0.545. The molecule has 2 fully saturated rings. The number of amides is 2. The van der Waals surface area contributed by atoms with Crippen LogP contribution in [-0.2, 0) is 11.2 Å². The normalized spacial score (nSPS) is 20.0. The first-order valence-corrected chi connectivity index (χ1v) is 10.6. The average Bonchev–Trinajstić information content (AvgIpc) is 3.36. The van der Waals surface area contributed by atoms with Gasteiger partial charge in [0.15, 0.2) is 0 Å². The molecule has 0 saturated carbocycles. The Morgan fingerprint density at radius 3 is 2.53 bits per heavy atom. The number of rotatable bonds is 4. The lowest BCUT2D eigenvalue weighted by atomic mass is 10.1. The molecule has 2 aliphatic rings. The molecule has 0 bridgehead atoms. The molecular weight excluding hydrogens is 382 g/mol. The fourth-order valence-electron chi connectivity index (χ4n) is 4.30. The SMILES string of the molecule is Cc1noc(C)c1CC(=O)N1CCC[C@H]1c1ccc(C(=O)N2CCN(C)CC2)cn1. The summed E-state index contributed by atoms with van der Waals surface area (Å²) in [5.74, 6) is 0.785. The van der Waals surface area contributed by atoms with E-state index >= 15 is 0 Å². The van der Waals surface area contributed by atoms with Crippen LogP contribution in [-0.4, -0.2) is 76.4 Å². The molecule has 160 valence electrons. The summed E-state index contributed by atoms with van der Waals surface area (Å²) in [6.45, 7) is 7.67. The summed E-state index contributed by atoms with van der Waals surface area (Å²) in [4.78, 5) is 36.3. The number of likely N-dealkylation sites (tertiary alicyclic amines) is 1. The van der Waals surface area contributed by atoms with Crippen molar-refractivity contribution in [2.45, 2.75) is 39.2 Å². The maximum atomic E-state index is 13.0. The van der Waals surface area contributed by atoms with Gasteiger partial charge in [0.2, 0.25) is 5.91 Å². The van der Waals surface area contributed by atoms with Crippen LogP contribution in [0.2, 0.25) is 0 Å². The molecule has 0 spiro atoms. The summed E-state index contributed by atoms with van der Waals surface area (Å²) in [5, 5.41) is 3.95. The topological polar surface area (TPSA) is 82.8 Å². The van der Waals surface area contributed by atoms with E-state index in [1.54, 1.807) is 6.20 Å². The smallest absolute Gasteiger partial charge is 0.255 e. The van der Waals surface area contributed by atoms with Crippen LogP contribution in [0.5, 0.6) is 0 Å². The van der Waals surface area contributed by atoms with Gasteiger partial charge in [0.1, 0.15) is 5.76 Å². The molecule has 0 unspecified atom stereocenters. The van der Waals surface area contributed by atoms with Crippen molar-refractivity contribution in [1.29, 1.82) is 0 Å². The second-order valence-corrected chi connectivity index (χ2v) is 8.29. The summed E-state index contributed by atoms with van der Waals surface area (Å²) < 4.78 is 5.19. The van der Waals surface area contributed by atoms with E-state index in [9.17, 15) is 9.59 Å². The van der Waals surface area contributed by atoms with Crippen LogP contribution in [0.1, 0.15) is 52.0 Å². The molecule has 1 atom stereocenters. The van der Waals surface area contributed by atoms with E-state index in [1.165, 1.54) is 0 Å². The Kier molecular flexibility index (Phi) is 5.85. The molecule has 0 radical (unpaired) electrons. The number of hydrogen-bond donors (Lipinski definition) is 0. The Morgan fingerprint density at radius 2 is 1.90 bits per heavy atom. The Balaban J connectivity index is 1.44. The van der Waals surface area contributed by atoms with Gasteiger partial charge in [-0.15, -0.1) is 0 Å². The predicted molar refractivity (Wildman–Crippen MR) is 111 cm³/mol. The van der Waals surface area contributed by atoms with Crippen LogP contribution in [0.4, 0.5) is 0 Å². The quantitative estimate of drug-likeness (QED) is 0.765. The lowest BCUT2D eigenvalue weighted by molar-refractivity contribution is -0.131. The molecule has 2 aromatic heterocycles. The lowest BCUT2D eigenvalue weighted by Crippen LogP contribution is -2.47. The number of piperazine rings is 1. The number of hydrogen-bond acceptors (Lipinski definition) is 6. The van der Waals surface area contributed by atoms with Crippen molar-refractivity contribution in [3.8, 4) is 0 Å². The van der Waals surface area contributed by atoms with Crippen LogP contribution < -0.4 is 0 Å². The monoisotopic (exact) mass is 411 g/mol. The molecular formula is C22H29N5O3. The van der Waals surface area contributed by atoms with Gasteiger partial charge < -0.3 is 19.2 Å². The van der Waals surface area contributed by atoms with E-state index < -0.39 is 0 Å². The Labute approximate surface area is 176 Å². The van der Waals surface area contributed by atoms with E-state index in [4.69, 9.17) is 4.52 Å². The molecule has 0 aromatic carbocycles. The Bertz CT molecular complexity index is 896. The van der Waals surface area contributed by atoms with Crippen molar-refractivity contribution in [2.75, 3.05) is 39.8 Å². The van der Waals surface area contributed by atoms with E-state index in [0.29, 0.717) is 11.3 Å². The fourth-order valence-corrected chi connectivity index (χ4v) is 4.30. The van der Waals surface area contributed by atoms with Gasteiger partial charge in [-0.05, 0) is 45.9 Å². The molecule has 2 amide bonds. The molecule has 2 saturated heterocycles. The minimum atomic E-state index is -0.0502. The van der Waals surface area contributed by atoms with Crippen molar-refractivity contribution in [2.24, 2.45) is 0 Å². The van der Waals surface area contributed by atoms with Crippen LogP contribution in [0.25, 0.3) is 0 Å². The number of carbonyl (C=O) groups excluding carboxylic acids is 2. The Morgan fingerprint density at radius 1 is 1.13 bits per heavy atom. The molecule has 2 aliphatic heterocycles. The van der Waals surface area contributed by atoms with Crippen molar-refractivity contribution in [3.63, 3.8) is 0 Å². The van der Waals surface area contributed by atoms with Crippen molar-refractivity contribution in [3.05, 3.63) is 46.6 Å². The molecule has 4 heterocycles. The van der Waals surface area contributed by atoms with Gasteiger partial charge in [-0.3, -0.25) is 14.6 Å². The van der Waals surface area contributed by atoms with Gasteiger partial charge >= 0.3 is 0 Å². The molecule has 0 N–H and O–H groups in total. The molecule has 8 heteroatoms. The first-order valence-electron chi connectivity index (χ1n) is 10.6. The zero-order valence-corrected chi connectivity index (χ0v) is 17.9. The predicted octanol–water partition coefficient (Wildman–Crippen LogP) is 1.98. The number of carbonyl (C=O) groups is 2. The molecule has 2 aromatic rings. The average molecular weight is 412 g/mol. The van der Waals surface area contributed by atoms with E-state index in [-0.39, 0.29) is 24.3 Å². The Hall–Kier alpha value is -2.74. The number of aryl methyl sites for hydroxylation is 2. The highest BCUT2D eigenvalue weighted by molar-refractivity contribution is 5.94. The zero-order valence-electron chi connectivity index (χ0n) is 17.9. The summed E-state index contributed by atoms with van der Waals surface area (Å²) in [6.07, 6.45) is 3.77. The van der Waals surface area contributed by atoms with Crippen molar-refractivity contribution in [1.82, 2.24) is 24.8 Å². The summed E-state index contributed by atoms with van der Waals surface area (Å²) in [6, 6.07) is 3.69. The highest BCUT2D eigenvalue weighted by Gasteiger charge is 2.32. The highest BCUT2D eigenvalue weighted by Crippen LogP contribution is 2.32. The maximum Gasteiger partial charge on any atom is 0.255 e. The first kappa shape index (κ1) is 20.5. The van der Waals surface area contributed by atoms with Gasteiger partial charge in [0.05, 0.1) is 29.4 Å². The highest BCUT2D eigenvalue weighted by atomic mass is 16.5. The van der Waals surface area contributed by atoms with E-state index in [2.05, 4.69) is 22.1 Å². The largest absolute Gasteiger partial charge is 0.361 e. The van der Waals surface area contributed by atoms with E-state index in [1.807, 2.05) is 35.8 Å². The van der Waals surface area contributed by atoms with Crippen molar-refractivity contribution >= 4 is 11.8 Å². The summed E-state index contributed by atoms with van der Waals surface area (Å²) in [5.41, 5.74) is 3.08. The number of pyridine rings is 1. The molecule has 8 nitrogen and oxygen atoms in total. The lowest BCUT2D eigenvalue weighted by Gasteiger charge is -2.32. The third-order valence-corrected chi connectivity index (χ3v) is 6.25. The minimum Gasteiger partial charge on any atom is -0.361 e. The first-order chi connectivity index (χ1) is 14.4. The van der Waals surface area contributed by atoms with Crippen LogP contribution in [0.15, 0.2) is 22.9 Å². The molecule has 4 rings (SSSR count). The van der Waals surface area contributed by atoms with Gasteiger partial charge in [-0.2, -0.15) is 0 Å². The van der Waals surface area contributed by atoms with Gasteiger partial charge in [0, 0.05) is 44.5 Å². The maximum absolute atomic E-state index is 13.0. The van der Waals surface area contributed by atoms with E-state index in [0.717, 1.165) is 62.5 Å². The summed E-state index contributed by atoms with van der Waals surface area (Å²) in [7, 11) is 2.07. The number of likely N-dealkylation sites (N-methyl/N-ethyl adjacent to an activating group) is 1. The second-order valence-electron chi connectivity index (χ2n) is 8.29. The van der Waals surface area contributed by atoms with Gasteiger partial charge in [-0.25, -0.2) is 0 Å². The van der Waals surface area contributed by atoms with Gasteiger partial charge in [-0.1, -0.05) is 5.16 Å². The third kappa shape index (κ3) is 4.09. The second kappa shape index (κ2) is 8.55. The third-order valence-electron chi connectivity index (χ3n) is 6.25. The van der Waals surface area contributed by atoms with Crippen LogP contribution in [0.3, 0.4) is 0 Å². The molecule has 30 heavy (non-hydrogen) atoms. The number of aromatic nitrogens is 2. The van der Waals surface area contributed by atoms with Gasteiger partial charge in [0.25, 0.3) is 5.91 Å². The van der Waals surface area contributed by atoms with Crippen molar-refractivity contribution < 1.29 is 14.1 Å². The number of nitrogens with zero attached hydrogens (tertiary/aromatic N) is 5. The minimum absolute atomic E-state index is 0.0277. The standard InChI is InChI=1S/C22H29N5O3/c1-15-18(16(2)30-24-15)13-21(28)27-8-4-5-20(27)19-7-6-17(14-23-19)22(29)26-11-9-25(3)10-12-26/h6-7,14,20H,4-5,8-13H2,1-3H3/t20-/m0/s1. The molecule has 0 aliphatic carbocycles. The summed E-state index contributed by atoms with van der Waals surface area (Å²) >= 11 is 0. The zero-order chi connectivity index (χ0) is 21.3.